The molecule has 2 atom stereocenters. The van der Waals surface area contributed by atoms with Gasteiger partial charge in [0.15, 0.2) is 6.29 Å². The van der Waals surface area contributed by atoms with Crippen LogP contribution in [0.15, 0.2) is 0 Å². The Morgan fingerprint density at radius 3 is 2.06 bits per heavy atom. The average molecular weight is 279 g/mol. The highest BCUT2D eigenvalue weighted by Crippen LogP contribution is 2.20. The van der Waals surface area contributed by atoms with Gasteiger partial charge >= 0.3 is 14.8 Å². The van der Waals surface area contributed by atoms with E-state index in [1.54, 1.807) is 6.92 Å². The number of hydrogen-bond donors (Lipinski definition) is 1. The Hall–Kier alpha value is -0.473. The maximum absolute atomic E-state index is 10.9. The van der Waals surface area contributed by atoms with Crippen LogP contribution in [0.1, 0.15) is 34.6 Å². The minimum atomic E-state index is -2.89. The Balaban J connectivity index is 4.73. The lowest BCUT2D eigenvalue weighted by Crippen LogP contribution is -2.51. The molecule has 7 heteroatoms. The molecular weight excluding hydrogens is 254 g/mol. The van der Waals surface area contributed by atoms with Crippen LogP contribution in [0.4, 0.5) is 0 Å². The maximum atomic E-state index is 10.9. The van der Waals surface area contributed by atoms with Gasteiger partial charge in [0.25, 0.3) is 0 Å². The Kier molecular flexibility index (Phi) is 8.37. The summed E-state index contributed by atoms with van der Waals surface area (Å²) in [5, 5.41) is 0. The predicted octanol–water partition coefficient (Wildman–Crippen LogP) is 1.27. The lowest BCUT2D eigenvalue weighted by Gasteiger charge is -2.32. The SMILES string of the molecule is CCO[Si](CC(C)N)(OCC)OC(C)OC(C)=O. The molecule has 0 aliphatic carbocycles. The van der Waals surface area contributed by atoms with Crippen LogP contribution in [-0.4, -0.2) is 40.3 Å². The molecule has 0 amide bonds. The third kappa shape index (κ3) is 7.07. The van der Waals surface area contributed by atoms with Crippen LogP contribution >= 0.6 is 0 Å². The van der Waals surface area contributed by atoms with Gasteiger partial charge in [-0.25, -0.2) is 0 Å². The second kappa shape index (κ2) is 8.60. The first-order valence-electron chi connectivity index (χ1n) is 6.23. The van der Waals surface area contributed by atoms with E-state index in [0.29, 0.717) is 19.3 Å². The van der Waals surface area contributed by atoms with Crippen molar-refractivity contribution in [1.29, 1.82) is 0 Å². The van der Waals surface area contributed by atoms with Crippen molar-refractivity contribution in [1.82, 2.24) is 0 Å². The Labute approximate surface area is 110 Å². The van der Waals surface area contributed by atoms with Crippen LogP contribution in [0.3, 0.4) is 0 Å². The summed E-state index contributed by atoms with van der Waals surface area (Å²) in [6.45, 7) is 9.49. The van der Waals surface area contributed by atoms with E-state index < -0.39 is 21.1 Å². The van der Waals surface area contributed by atoms with Crippen molar-refractivity contribution in [2.45, 2.75) is 53.0 Å². The maximum Gasteiger partial charge on any atom is 0.505 e. The smallest absolute Gasteiger partial charge is 0.437 e. The highest BCUT2D eigenvalue weighted by atomic mass is 28.4. The number of esters is 1. The molecule has 0 bridgehead atoms. The molecule has 0 rings (SSSR count). The highest BCUT2D eigenvalue weighted by Gasteiger charge is 2.43. The lowest BCUT2D eigenvalue weighted by molar-refractivity contribution is -0.164. The lowest BCUT2D eigenvalue weighted by atomic mass is 10.4. The Bertz CT molecular complexity index is 244. The first-order chi connectivity index (χ1) is 8.35. The molecule has 0 saturated carbocycles. The van der Waals surface area contributed by atoms with Gasteiger partial charge in [-0.1, -0.05) is 0 Å². The number of carbonyl (C=O) groups excluding carboxylic acids is 1. The molecule has 0 saturated heterocycles. The van der Waals surface area contributed by atoms with Crippen LogP contribution in [0, 0.1) is 0 Å². The van der Waals surface area contributed by atoms with Crippen LogP contribution in [0.2, 0.25) is 6.04 Å². The summed E-state index contributed by atoms with van der Waals surface area (Å²) in [6, 6.07) is 0.375. The van der Waals surface area contributed by atoms with Crippen molar-refractivity contribution in [3.8, 4) is 0 Å². The number of nitrogens with two attached hydrogens (primary N) is 1. The highest BCUT2D eigenvalue weighted by molar-refractivity contribution is 6.60. The molecule has 2 N–H and O–H groups in total. The van der Waals surface area contributed by atoms with Crippen molar-refractivity contribution in [3.63, 3.8) is 0 Å². The third-order valence-corrected chi connectivity index (χ3v) is 5.27. The van der Waals surface area contributed by atoms with E-state index in [0.717, 1.165) is 0 Å². The van der Waals surface area contributed by atoms with E-state index in [2.05, 4.69) is 0 Å². The van der Waals surface area contributed by atoms with Crippen molar-refractivity contribution in [3.05, 3.63) is 0 Å². The van der Waals surface area contributed by atoms with Gasteiger partial charge in [0.05, 0.1) is 0 Å². The summed E-state index contributed by atoms with van der Waals surface area (Å²) in [7, 11) is -2.89. The van der Waals surface area contributed by atoms with Crippen LogP contribution < -0.4 is 5.73 Å². The molecular formula is C11H25NO5Si. The normalized spacial score (nSPS) is 15.2. The van der Waals surface area contributed by atoms with Gasteiger partial charge in [-0.05, 0) is 27.7 Å². The molecule has 0 aromatic carbocycles. The zero-order valence-electron chi connectivity index (χ0n) is 11.9. The third-order valence-electron chi connectivity index (χ3n) is 1.98. The summed E-state index contributed by atoms with van der Waals surface area (Å²) in [4.78, 5) is 10.9. The molecule has 108 valence electrons. The van der Waals surface area contributed by atoms with E-state index in [1.807, 2.05) is 20.8 Å². The van der Waals surface area contributed by atoms with Gasteiger partial charge < -0.3 is 23.7 Å². The van der Waals surface area contributed by atoms with Gasteiger partial charge in [-0.3, -0.25) is 4.79 Å². The van der Waals surface area contributed by atoms with E-state index in [1.165, 1.54) is 6.92 Å². The summed E-state index contributed by atoms with van der Waals surface area (Å²) in [5.41, 5.74) is 5.80. The standard InChI is InChI=1S/C11H25NO5Si/c1-6-14-18(15-7-2,8-9(3)12)17-11(5)16-10(4)13/h9,11H,6-8,12H2,1-5H3. The van der Waals surface area contributed by atoms with Crippen LogP contribution in [-0.2, 0) is 22.8 Å². The molecule has 6 nitrogen and oxygen atoms in total. The quantitative estimate of drug-likeness (QED) is 0.389. The molecule has 0 aromatic rings. The van der Waals surface area contributed by atoms with Gasteiger partial charge in [-0.2, -0.15) is 0 Å². The first kappa shape index (κ1) is 17.5. The molecule has 0 aromatic heterocycles. The number of carbonyl (C=O) groups is 1. The molecule has 0 aliphatic heterocycles. The van der Waals surface area contributed by atoms with E-state index in [4.69, 9.17) is 23.7 Å². The van der Waals surface area contributed by atoms with Gasteiger partial charge in [0.2, 0.25) is 0 Å². The van der Waals surface area contributed by atoms with Crippen molar-refractivity contribution >= 4 is 14.8 Å². The summed E-state index contributed by atoms with van der Waals surface area (Å²) < 4.78 is 22.0. The molecule has 0 radical (unpaired) electrons. The Morgan fingerprint density at radius 2 is 1.72 bits per heavy atom. The first-order valence-corrected chi connectivity index (χ1v) is 8.17. The fourth-order valence-electron chi connectivity index (χ4n) is 1.62. The molecule has 0 fully saturated rings. The molecule has 0 heterocycles. The average Bonchev–Trinajstić information content (AvgIpc) is 2.14. The van der Waals surface area contributed by atoms with Gasteiger partial charge in [-0.15, -0.1) is 0 Å². The van der Waals surface area contributed by atoms with E-state index in [-0.39, 0.29) is 6.04 Å². The summed E-state index contributed by atoms with van der Waals surface area (Å²) >= 11 is 0. The summed E-state index contributed by atoms with van der Waals surface area (Å²) in [6.07, 6.45) is -0.703. The van der Waals surface area contributed by atoms with Crippen molar-refractivity contribution < 1.29 is 22.8 Å². The monoisotopic (exact) mass is 279 g/mol. The van der Waals surface area contributed by atoms with Crippen LogP contribution in [0.25, 0.3) is 0 Å². The van der Waals surface area contributed by atoms with E-state index >= 15 is 0 Å². The molecule has 2 unspecified atom stereocenters. The fourth-order valence-corrected chi connectivity index (χ4v) is 4.39. The van der Waals surface area contributed by atoms with Gasteiger partial charge in [0, 0.05) is 32.2 Å². The minimum Gasteiger partial charge on any atom is -0.437 e. The van der Waals surface area contributed by atoms with Gasteiger partial charge in [0.1, 0.15) is 0 Å². The number of rotatable bonds is 9. The van der Waals surface area contributed by atoms with E-state index in [9.17, 15) is 4.79 Å². The zero-order chi connectivity index (χ0) is 14.2. The minimum absolute atomic E-state index is 0.112. The summed E-state index contributed by atoms with van der Waals surface area (Å²) in [5.74, 6) is -0.404. The Morgan fingerprint density at radius 1 is 1.22 bits per heavy atom. The molecule has 0 aliphatic rings. The van der Waals surface area contributed by atoms with Crippen molar-refractivity contribution in [2.75, 3.05) is 13.2 Å². The second-order valence-electron chi connectivity index (χ2n) is 4.03. The zero-order valence-corrected chi connectivity index (χ0v) is 12.9. The van der Waals surface area contributed by atoms with Crippen molar-refractivity contribution in [2.24, 2.45) is 5.73 Å². The fraction of sp³-hybridized carbons (Fsp3) is 0.909. The second-order valence-corrected chi connectivity index (χ2v) is 6.61. The molecule has 0 spiro atoms. The molecule has 18 heavy (non-hydrogen) atoms. The topological polar surface area (TPSA) is 80.0 Å². The number of hydrogen-bond acceptors (Lipinski definition) is 6. The largest absolute Gasteiger partial charge is 0.505 e. The predicted molar refractivity (Wildman–Crippen MR) is 69.8 cm³/mol. The van der Waals surface area contributed by atoms with Crippen LogP contribution in [0.5, 0.6) is 0 Å². The number of ether oxygens (including phenoxy) is 1.